The second kappa shape index (κ2) is 4.96. The maximum atomic E-state index is 10.5. The highest BCUT2D eigenvalue weighted by Crippen LogP contribution is 2.40. The predicted molar refractivity (Wildman–Crippen MR) is 73.6 cm³/mol. The highest BCUT2D eigenvalue weighted by atomic mass is 16.5. The molecule has 2 rings (SSSR count). The number of nitrogens with zero attached hydrogens (tertiary/aromatic N) is 1. The van der Waals surface area contributed by atoms with E-state index in [0.29, 0.717) is 19.6 Å². The first kappa shape index (κ1) is 14.0. The van der Waals surface area contributed by atoms with Crippen LogP contribution in [0.3, 0.4) is 0 Å². The molecular formula is C16H21NO2. The van der Waals surface area contributed by atoms with Crippen molar-refractivity contribution < 1.29 is 9.84 Å². The molecule has 1 saturated heterocycles. The summed E-state index contributed by atoms with van der Waals surface area (Å²) in [6, 6.07) is 10.1. The van der Waals surface area contributed by atoms with E-state index in [1.165, 1.54) is 5.56 Å². The summed E-state index contributed by atoms with van der Waals surface area (Å²) in [6.45, 7) is 7.32. The lowest BCUT2D eigenvalue weighted by Crippen LogP contribution is -2.27. The second-order valence-corrected chi connectivity index (χ2v) is 6.35. The van der Waals surface area contributed by atoms with E-state index in [1.54, 1.807) is 0 Å². The van der Waals surface area contributed by atoms with E-state index in [0.717, 1.165) is 5.56 Å². The van der Waals surface area contributed by atoms with Gasteiger partial charge in [0, 0.05) is 6.61 Å². The Balaban J connectivity index is 2.25. The van der Waals surface area contributed by atoms with Crippen molar-refractivity contribution in [2.24, 2.45) is 5.41 Å². The van der Waals surface area contributed by atoms with Gasteiger partial charge in [-0.1, -0.05) is 45.0 Å². The molecule has 0 spiro atoms. The molecule has 1 aliphatic rings. The predicted octanol–water partition coefficient (Wildman–Crippen LogP) is 2.95. The standard InChI is InChI=1S/C16H21NO2/c1-15(2,3)13-6-4-12(5-7-13)14(18)16(10-17)8-9-19-11-16/h4-7,14,18H,8-9,11H2,1-3H3. The van der Waals surface area contributed by atoms with Crippen LogP contribution in [0.1, 0.15) is 44.4 Å². The van der Waals surface area contributed by atoms with Crippen molar-refractivity contribution in [1.29, 1.82) is 5.26 Å². The monoisotopic (exact) mass is 259 g/mol. The Morgan fingerprint density at radius 1 is 1.32 bits per heavy atom. The quantitative estimate of drug-likeness (QED) is 0.888. The summed E-state index contributed by atoms with van der Waals surface area (Å²) in [5, 5.41) is 19.8. The average Bonchev–Trinajstić information content (AvgIpc) is 2.87. The Kier molecular flexibility index (Phi) is 3.66. The minimum absolute atomic E-state index is 0.0901. The van der Waals surface area contributed by atoms with Gasteiger partial charge in [0.25, 0.3) is 0 Å². The lowest BCUT2D eigenvalue weighted by molar-refractivity contribution is 0.0504. The fraction of sp³-hybridized carbons (Fsp3) is 0.562. The second-order valence-electron chi connectivity index (χ2n) is 6.35. The van der Waals surface area contributed by atoms with E-state index >= 15 is 0 Å². The van der Waals surface area contributed by atoms with Crippen LogP contribution in [0.2, 0.25) is 0 Å². The zero-order chi connectivity index (χ0) is 14.1. The smallest absolute Gasteiger partial charge is 0.113 e. The molecule has 0 saturated carbocycles. The molecule has 1 aromatic carbocycles. The van der Waals surface area contributed by atoms with Crippen LogP contribution in [0.25, 0.3) is 0 Å². The van der Waals surface area contributed by atoms with Gasteiger partial charge < -0.3 is 9.84 Å². The topological polar surface area (TPSA) is 53.2 Å². The SMILES string of the molecule is CC(C)(C)c1ccc(C(O)C2(C#N)CCOC2)cc1. The van der Waals surface area contributed by atoms with Gasteiger partial charge in [-0.15, -0.1) is 0 Å². The van der Waals surface area contributed by atoms with E-state index in [2.05, 4.69) is 26.8 Å². The van der Waals surface area contributed by atoms with Gasteiger partial charge in [0.15, 0.2) is 0 Å². The lowest BCUT2D eigenvalue weighted by Gasteiger charge is -2.26. The van der Waals surface area contributed by atoms with Crippen molar-refractivity contribution in [2.75, 3.05) is 13.2 Å². The highest BCUT2D eigenvalue weighted by Gasteiger charge is 2.43. The minimum atomic E-state index is -0.788. The number of ether oxygens (including phenoxy) is 1. The van der Waals surface area contributed by atoms with Crippen molar-refractivity contribution in [3.8, 4) is 6.07 Å². The number of nitriles is 1. The summed E-state index contributed by atoms with van der Waals surface area (Å²) >= 11 is 0. The fourth-order valence-corrected chi connectivity index (χ4v) is 2.43. The van der Waals surface area contributed by atoms with Gasteiger partial charge in [-0.05, 0) is 23.0 Å². The summed E-state index contributed by atoms with van der Waals surface area (Å²) in [5.74, 6) is 0. The molecule has 1 fully saturated rings. The van der Waals surface area contributed by atoms with Crippen LogP contribution in [0.5, 0.6) is 0 Å². The van der Waals surface area contributed by atoms with Crippen LogP contribution in [0.4, 0.5) is 0 Å². The molecule has 1 aromatic rings. The maximum absolute atomic E-state index is 10.5. The van der Waals surface area contributed by atoms with Crippen LogP contribution in [0, 0.1) is 16.7 Å². The van der Waals surface area contributed by atoms with Gasteiger partial charge in [-0.25, -0.2) is 0 Å². The summed E-state index contributed by atoms with van der Waals surface area (Å²) in [6.07, 6.45) is -0.194. The van der Waals surface area contributed by atoms with Gasteiger partial charge >= 0.3 is 0 Å². The molecule has 102 valence electrons. The van der Waals surface area contributed by atoms with E-state index < -0.39 is 11.5 Å². The number of rotatable bonds is 2. The molecule has 2 unspecified atom stereocenters. The molecule has 0 radical (unpaired) electrons. The Morgan fingerprint density at radius 3 is 2.37 bits per heavy atom. The fourth-order valence-electron chi connectivity index (χ4n) is 2.43. The third-order valence-electron chi connectivity index (χ3n) is 3.89. The molecule has 1 N–H and O–H groups in total. The molecule has 0 aliphatic carbocycles. The molecule has 3 nitrogen and oxygen atoms in total. The highest BCUT2D eigenvalue weighted by molar-refractivity contribution is 5.31. The number of aliphatic hydroxyl groups excluding tert-OH is 1. The number of hydrogen-bond acceptors (Lipinski definition) is 3. The molecule has 0 amide bonds. The zero-order valence-corrected chi connectivity index (χ0v) is 11.8. The van der Waals surface area contributed by atoms with Gasteiger partial charge in [-0.2, -0.15) is 5.26 Å². The Hall–Kier alpha value is -1.37. The molecule has 2 atom stereocenters. The summed E-state index contributed by atoms with van der Waals surface area (Å²) < 4.78 is 5.29. The van der Waals surface area contributed by atoms with Crippen molar-refractivity contribution >= 4 is 0 Å². The van der Waals surface area contributed by atoms with Crippen LogP contribution in [-0.4, -0.2) is 18.3 Å². The normalized spacial score (nSPS) is 25.0. The molecule has 0 aromatic heterocycles. The van der Waals surface area contributed by atoms with Gasteiger partial charge in [0.2, 0.25) is 0 Å². The summed E-state index contributed by atoms with van der Waals surface area (Å²) in [7, 11) is 0. The van der Waals surface area contributed by atoms with Gasteiger partial charge in [-0.3, -0.25) is 0 Å². The van der Waals surface area contributed by atoms with Crippen LogP contribution in [-0.2, 0) is 10.2 Å². The first-order chi connectivity index (χ1) is 8.89. The van der Waals surface area contributed by atoms with Crippen molar-refractivity contribution in [3.63, 3.8) is 0 Å². The Morgan fingerprint density at radius 2 is 1.95 bits per heavy atom. The zero-order valence-electron chi connectivity index (χ0n) is 11.8. The number of benzene rings is 1. The van der Waals surface area contributed by atoms with Gasteiger partial charge in [0.1, 0.15) is 5.41 Å². The van der Waals surface area contributed by atoms with E-state index in [4.69, 9.17) is 4.74 Å². The molecule has 3 heteroatoms. The Labute approximate surface area is 114 Å². The third-order valence-corrected chi connectivity index (χ3v) is 3.89. The van der Waals surface area contributed by atoms with Crippen LogP contribution >= 0.6 is 0 Å². The van der Waals surface area contributed by atoms with E-state index in [1.807, 2.05) is 24.3 Å². The van der Waals surface area contributed by atoms with Crippen LogP contribution in [0.15, 0.2) is 24.3 Å². The van der Waals surface area contributed by atoms with E-state index in [-0.39, 0.29) is 5.41 Å². The molecule has 0 bridgehead atoms. The number of hydrogen-bond donors (Lipinski definition) is 1. The average molecular weight is 259 g/mol. The first-order valence-corrected chi connectivity index (χ1v) is 6.66. The first-order valence-electron chi connectivity index (χ1n) is 6.66. The van der Waals surface area contributed by atoms with Crippen molar-refractivity contribution in [2.45, 2.75) is 38.7 Å². The molecule has 1 heterocycles. The minimum Gasteiger partial charge on any atom is -0.387 e. The Bertz CT molecular complexity index is 473. The summed E-state index contributed by atoms with van der Waals surface area (Å²) in [5.41, 5.74) is 1.31. The lowest BCUT2D eigenvalue weighted by atomic mass is 9.78. The van der Waals surface area contributed by atoms with E-state index in [9.17, 15) is 10.4 Å². The maximum Gasteiger partial charge on any atom is 0.113 e. The van der Waals surface area contributed by atoms with Gasteiger partial charge in [0.05, 0.1) is 18.8 Å². The van der Waals surface area contributed by atoms with Crippen molar-refractivity contribution in [1.82, 2.24) is 0 Å². The third kappa shape index (κ3) is 2.65. The number of aliphatic hydroxyl groups is 1. The van der Waals surface area contributed by atoms with Crippen LogP contribution < -0.4 is 0 Å². The molecule has 19 heavy (non-hydrogen) atoms. The summed E-state index contributed by atoms with van der Waals surface area (Å²) in [4.78, 5) is 0. The molecular weight excluding hydrogens is 238 g/mol. The molecule has 1 aliphatic heterocycles. The largest absolute Gasteiger partial charge is 0.387 e. The van der Waals surface area contributed by atoms with Crippen molar-refractivity contribution in [3.05, 3.63) is 35.4 Å².